The fourth-order valence-electron chi connectivity index (χ4n) is 0.930. The van der Waals surface area contributed by atoms with Gasteiger partial charge in [-0.3, -0.25) is 0 Å². The molecule has 15 heavy (non-hydrogen) atoms. The van der Waals surface area contributed by atoms with Gasteiger partial charge in [0.1, 0.15) is 0 Å². The van der Waals surface area contributed by atoms with Gasteiger partial charge in [-0.15, -0.1) is 0 Å². The molecule has 0 bridgehead atoms. The molecule has 1 aromatic carbocycles. The molecule has 1 rings (SSSR count). The lowest BCUT2D eigenvalue weighted by Crippen LogP contribution is -2.29. The predicted octanol–water partition coefficient (Wildman–Crippen LogP) is -0.799. The monoisotopic (exact) mass is 210 g/mol. The number of ether oxygens (including phenoxy) is 1. The molecular formula is C8H7BO6. The highest BCUT2D eigenvalue weighted by Crippen LogP contribution is 2.00. The van der Waals surface area contributed by atoms with Gasteiger partial charge in [0.2, 0.25) is 0 Å². The second-order valence-corrected chi connectivity index (χ2v) is 2.65. The first-order chi connectivity index (χ1) is 7.00. The van der Waals surface area contributed by atoms with Crippen LogP contribution in [0.2, 0.25) is 0 Å². The van der Waals surface area contributed by atoms with Gasteiger partial charge in [-0.2, -0.15) is 0 Å². The Kier molecular flexibility index (Phi) is 3.43. The molecule has 0 fully saturated rings. The summed E-state index contributed by atoms with van der Waals surface area (Å²) >= 11 is 0. The first kappa shape index (κ1) is 11.2. The second kappa shape index (κ2) is 4.58. The van der Waals surface area contributed by atoms with Crippen LogP contribution in [0.15, 0.2) is 24.3 Å². The zero-order valence-corrected chi connectivity index (χ0v) is 7.45. The number of carbonyl (C=O) groups is 2. The predicted molar refractivity (Wildman–Crippen MR) is 49.7 cm³/mol. The van der Waals surface area contributed by atoms with Crippen LogP contribution in [-0.2, 0) is 4.74 Å². The molecule has 0 aliphatic rings. The van der Waals surface area contributed by atoms with Crippen LogP contribution in [0.1, 0.15) is 10.4 Å². The van der Waals surface area contributed by atoms with Crippen molar-refractivity contribution in [3.8, 4) is 0 Å². The van der Waals surface area contributed by atoms with Crippen molar-refractivity contribution in [2.45, 2.75) is 0 Å². The molecule has 1 aromatic rings. The summed E-state index contributed by atoms with van der Waals surface area (Å²) in [5.74, 6) is -1.01. The Balaban J connectivity index is 2.80. The molecule has 0 heterocycles. The van der Waals surface area contributed by atoms with Gasteiger partial charge in [0.05, 0.1) is 5.56 Å². The summed E-state index contributed by atoms with van der Waals surface area (Å²) in [6, 6.07) is 5.03. The first-order valence-corrected chi connectivity index (χ1v) is 3.92. The highest BCUT2D eigenvalue weighted by molar-refractivity contribution is 6.58. The Bertz CT molecular complexity index is 371. The van der Waals surface area contributed by atoms with Gasteiger partial charge in [0, 0.05) is 0 Å². The lowest BCUT2D eigenvalue weighted by molar-refractivity contribution is 0.0509. The Labute approximate surface area is 84.9 Å². The van der Waals surface area contributed by atoms with Crippen LogP contribution in [0.5, 0.6) is 0 Å². The molecule has 0 radical (unpaired) electrons. The third-order valence-electron chi connectivity index (χ3n) is 1.62. The van der Waals surface area contributed by atoms with Gasteiger partial charge in [0.15, 0.2) is 0 Å². The van der Waals surface area contributed by atoms with E-state index in [1.165, 1.54) is 24.3 Å². The third kappa shape index (κ3) is 3.08. The molecule has 7 heteroatoms. The molecule has 3 N–H and O–H groups in total. The van der Waals surface area contributed by atoms with E-state index in [-0.39, 0.29) is 11.0 Å². The summed E-state index contributed by atoms with van der Waals surface area (Å²) in [5.41, 5.74) is 0.212. The summed E-state index contributed by atoms with van der Waals surface area (Å²) in [5, 5.41) is 25.7. The quantitative estimate of drug-likeness (QED) is 0.335. The molecule has 78 valence electrons. The highest BCUT2D eigenvalue weighted by atomic mass is 16.7. The SMILES string of the molecule is O=C(O)OC(=O)c1ccc(B(O)O)cc1. The van der Waals surface area contributed by atoms with Crippen LogP contribution >= 0.6 is 0 Å². The van der Waals surface area contributed by atoms with Crippen molar-refractivity contribution in [2.24, 2.45) is 0 Å². The van der Waals surface area contributed by atoms with Crippen LogP contribution < -0.4 is 5.46 Å². The molecular weight excluding hydrogens is 203 g/mol. The molecule has 0 saturated carbocycles. The molecule has 0 aliphatic heterocycles. The third-order valence-corrected chi connectivity index (χ3v) is 1.62. The first-order valence-electron chi connectivity index (χ1n) is 3.92. The summed E-state index contributed by atoms with van der Waals surface area (Å²) in [6.07, 6.45) is -1.69. The largest absolute Gasteiger partial charge is 0.513 e. The van der Waals surface area contributed by atoms with Crippen molar-refractivity contribution < 1.29 is 29.5 Å². The van der Waals surface area contributed by atoms with Crippen LogP contribution in [0.3, 0.4) is 0 Å². The lowest BCUT2D eigenvalue weighted by Gasteiger charge is -2.01. The van der Waals surface area contributed by atoms with E-state index < -0.39 is 19.2 Å². The van der Waals surface area contributed by atoms with Gasteiger partial charge >= 0.3 is 19.2 Å². The van der Waals surface area contributed by atoms with Crippen LogP contribution in [0, 0.1) is 0 Å². The van der Waals surface area contributed by atoms with Crippen molar-refractivity contribution >= 4 is 24.7 Å². The van der Waals surface area contributed by atoms with Crippen molar-refractivity contribution in [3.63, 3.8) is 0 Å². The van der Waals surface area contributed by atoms with E-state index in [1.54, 1.807) is 0 Å². The lowest BCUT2D eigenvalue weighted by atomic mass is 9.80. The van der Waals surface area contributed by atoms with Gasteiger partial charge in [-0.05, 0) is 17.6 Å². The molecule has 0 atom stereocenters. The number of esters is 1. The van der Waals surface area contributed by atoms with Crippen molar-refractivity contribution in [2.75, 3.05) is 0 Å². The van der Waals surface area contributed by atoms with E-state index >= 15 is 0 Å². The summed E-state index contributed by atoms with van der Waals surface area (Å²) in [7, 11) is -1.63. The number of hydrogen-bond acceptors (Lipinski definition) is 5. The van der Waals surface area contributed by atoms with Crippen LogP contribution in [-0.4, -0.2) is 34.4 Å². The Morgan fingerprint density at radius 1 is 1.13 bits per heavy atom. The maximum absolute atomic E-state index is 11.0. The molecule has 0 saturated heterocycles. The number of benzene rings is 1. The number of rotatable bonds is 2. The molecule has 6 nitrogen and oxygen atoms in total. The van der Waals surface area contributed by atoms with Gasteiger partial charge in [-0.25, -0.2) is 9.59 Å². The van der Waals surface area contributed by atoms with Gasteiger partial charge in [0.25, 0.3) is 0 Å². The van der Waals surface area contributed by atoms with Crippen molar-refractivity contribution in [1.82, 2.24) is 0 Å². The van der Waals surface area contributed by atoms with E-state index in [1.807, 2.05) is 0 Å². The Hall–Kier alpha value is -1.86. The Morgan fingerprint density at radius 3 is 2.07 bits per heavy atom. The van der Waals surface area contributed by atoms with Crippen LogP contribution in [0.25, 0.3) is 0 Å². The van der Waals surface area contributed by atoms with E-state index in [0.29, 0.717) is 0 Å². The number of carbonyl (C=O) groups excluding carboxylic acids is 1. The van der Waals surface area contributed by atoms with E-state index in [4.69, 9.17) is 15.2 Å². The second-order valence-electron chi connectivity index (χ2n) is 2.65. The standard InChI is InChI=1S/C8H7BO6/c10-7(15-8(11)12)5-1-3-6(4-2-5)9(13)14/h1-4,13-14H,(H,11,12). The molecule has 0 spiro atoms. The van der Waals surface area contributed by atoms with E-state index in [2.05, 4.69) is 4.74 Å². The average Bonchev–Trinajstić information content (AvgIpc) is 2.17. The minimum atomic E-state index is -1.69. The van der Waals surface area contributed by atoms with Gasteiger partial charge in [-0.1, -0.05) is 12.1 Å². The zero-order valence-electron chi connectivity index (χ0n) is 7.45. The smallest absolute Gasteiger partial charge is 0.449 e. The zero-order chi connectivity index (χ0) is 11.4. The average molecular weight is 210 g/mol. The summed E-state index contributed by atoms with van der Waals surface area (Å²) in [6.45, 7) is 0. The maximum atomic E-state index is 11.0. The Morgan fingerprint density at radius 2 is 1.67 bits per heavy atom. The fraction of sp³-hybridized carbons (Fsp3) is 0. The number of carboxylic acid groups (broad SMARTS) is 1. The van der Waals surface area contributed by atoms with Gasteiger partial charge < -0.3 is 19.9 Å². The van der Waals surface area contributed by atoms with Crippen LogP contribution in [0.4, 0.5) is 4.79 Å². The fourth-order valence-corrected chi connectivity index (χ4v) is 0.930. The molecule has 0 unspecified atom stereocenters. The highest BCUT2D eigenvalue weighted by Gasteiger charge is 2.14. The maximum Gasteiger partial charge on any atom is 0.513 e. The number of hydrogen-bond donors (Lipinski definition) is 3. The van der Waals surface area contributed by atoms with E-state index in [9.17, 15) is 9.59 Å². The minimum absolute atomic E-state index is 0.0156. The summed E-state index contributed by atoms with van der Waals surface area (Å²) < 4.78 is 3.89. The van der Waals surface area contributed by atoms with E-state index in [0.717, 1.165) is 0 Å². The van der Waals surface area contributed by atoms with Crippen molar-refractivity contribution in [1.29, 1.82) is 0 Å². The molecule has 0 aliphatic carbocycles. The summed E-state index contributed by atoms with van der Waals surface area (Å²) in [4.78, 5) is 21.0. The minimum Gasteiger partial charge on any atom is -0.449 e. The topological polar surface area (TPSA) is 104 Å². The molecule has 0 aromatic heterocycles. The molecule has 0 amide bonds. The normalized spacial score (nSPS) is 9.47. The van der Waals surface area contributed by atoms with Crippen molar-refractivity contribution in [3.05, 3.63) is 29.8 Å².